The standard InChI is InChI=1S/C23H21Cl3N4O3/c1-32-23-28-9-16(10-29-23)22(31)30-12-15(6-7-33-21-5-3-17(24)11-27-21)18(13-30)14-2-4-19(25)20(26)8-14/h2-5,8-11,15,18H,6-7,12-13H2,1H3/t15-,18-/m1/s1. The molecule has 0 spiro atoms. The van der Waals surface area contributed by atoms with E-state index in [-0.39, 0.29) is 23.8 Å². The van der Waals surface area contributed by atoms with Crippen molar-refractivity contribution in [3.63, 3.8) is 0 Å². The zero-order valence-corrected chi connectivity index (χ0v) is 20.0. The van der Waals surface area contributed by atoms with Crippen molar-refractivity contribution in [1.29, 1.82) is 0 Å². The first-order valence-electron chi connectivity index (χ1n) is 10.3. The number of likely N-dealkylation sites (tertiary alicyclic amines) is 1. The molecule has 2 aromatic heterocycles. The molecule has 1 aliphatic heterocycles. The number of amides is 1. The number of methoxy groups -OCH3 is 1. The zero-order chi connectivity index (χ0) is 23.4. The fraction of sp³-hybridized carbons (Fsp3) is 0.304. The maximum atomic E-state index is 13.1. The monoisotopic (exact) mass is 506 g/mol. The van der Waals surface area contributed by atoms with Crippen LogP contribution in [0.4, 0.5) is 0 Å². The second-order valence-corrected chi connectivity index (χ2v) is 8.91. The number of benzene rings is 1. The molecule has 2 atom stereocenters. The van der Waals surface area contributed by atoms with Crippen LogP contribution in [0.3, 0.4) is 0 Å². The van der Waals surface area contributed by atoms with Crippen LogP contribution in [0.25, 0.3) is 0 Å². The molecule has 0 N–H and O–H groups in total. The number of ether oxygens (including phenoxy) is 2. The average molecular weight is 508 g/mol. The molecular formula is C23H21Cl3N4O3. The van der Waals surface area contributed by atoms with E-state index in [4.69, 9.17) is 44.3 Å². The molecule has 1 saturated heterocycles. The molecule has 7 nitrogen and oxygen atoms in total. The van der Waals surface area contributed by atoms with Crippen molar-refractivity contribution in [2.75, 3.05) is 26.8 Å². The fourth-order valence-corrected chi connectivity index (χ4v) is 4.35. The Kier molecular flexibility index (Phi) is 7.53. The van der Waals surface area contributed by atoms with Crippen LogP contribution < -0.4 is 9.47 Å². The molecule has 10 heteroatoms. The number of hydrogen-bond acceptors (Lipinski definition) is 6. The summed E-state index contributed by atoms with van der Waals surface area (Å²) < 4.78 is 10.8. The summed E-state index contributed by atoms with van der Waals surface area (Å²) >= 11 is 18.3. The maximum Gasteiger partial charge on any atom is 0.316 e. The predicted octanol–water partition coefficient (Wildman–Crippen LogP) is 5.17. The summed E-state index contributed by atoms with van der Waals surface area (Å²) in [6, 6.07) is 9.28. The number of aromatic nitrogens is 3. The molecule has 3 heterocycles. The highest BCUT2D eigenvalue weighted by molar-refractivity contribution is 6.42. The predicted molar refractivity (Wildman–Crippen MR) is 127 cm³/mol. The summed E-state index contributed by atoms with van der Waals surface area (Å²) in [6.07, 6.45) is 5.22. The lowest BCUT2D eigenvalue weighted by atomic mass is 9.87. The van der Waals surface area contributed by atoms with Crippen molar-refractivity contribution < 1.29 is 14.3 Å². The third-order valence-electron chi connectivity index (χ3n) is 5.60. The van der Waals surface area contributed by atoms with E-state index < -0.39 is 0 Å². The van der Waals surface area contributed by atoms with Gasteiger partial charge < -0.3 is 14.4 Å². The van der Waals surface area contributed by atoms with Crippen LogP contribution >= 0.6 is 34.8 Å². The molecule has 0 aliphatic carbocycles. The number of rotatable bonds is 7. The third-order valence-corrected chi connectivity index (χ3v) is 6.56. The van der Waals surface area contributed by atoms with Gasteiger partial charge >= 0.3 is 6.01 Å². The second-order valence-electron chi connectivity index (χ2n) is 7.66. The molecule has 0 bridgehead atoms. The summed E-state index contributed by atoms with van der Waals surface area (Å²) in [5.74, 6) is 0.597. The van der Waals surface area contributed by atoms with E-state index in [1.54, 1.807) is 24.4 Å². The van der Waals surface area contributed by atoms with E-state index in [0.717, 1.165) is 12.0 Å². The van der Waals surface area contributed by atoms with Gasteiger partial charge in [0, 0.05) is 43.7 Å². The first kappa shape index (κ1) is 23.5. The molecule has 0 unspecified atom stereocenters. The van der Waals surface area contributed by atoms with Gasteiger partial charge in [-0.15, -0.1) is 0 Å². The van der Waals surface area contributed by atoms with Gasteiger partial charge in [0.05, 0.1) is 34.3 Å². The summed E-state index contributed by atoms with van der Waals surface area (Å²) in [5, 5.41) is 1.53. The second kappa shape index (κ2) is 10.5. The van der Waals surface area contributed by atoms with Crippen LogP contribution in [-0.4, -0.2) is 52.6 Å². The number of carbonyl (C=O) groups is 1. The minimum Gasteiger partial charge on any atom is -0.478 e. The van der Waals surface area contributed by atoms with E-state index in [0.29, 0.717) is 46.2 Å². The Hall–Kier alpha value is -2.61. The maximum absolute atomic E-state index is 13.1. The first-order valence-corrected chi connectivity index (χ1v) is 11.4. The molecule has 1 amide bonds. The van der Waals surface area contributed by atoms with Crippen molar-refractivity contribution in [2.24, 2.45) is 5.92 Å². The van der Waals surface area contributed by atoms with Gasteiger partial charge in [0.25, 0.3) is 5.91 Å². The van der Waals surface area contributed by atoms with Gasteiger partial charge in [-0.1, -0.05) is 40.9 Å². The van der Waals surface area contributed by atoms with Crippen molar-refractivity contribution >= 4 is 40.7 Å². The number of nitrogens with zero attached hydrogens (tertiary/aromatic N) is 4. The minimum absolute atomic E-state index is 0.0738. The lowest BCUT2D eigenvalue weighted by Crippen LogP contribution is -2.29. The largest absolute Gasteiger partial charge is 0.478 e. The summed E-state index contributed by atoms with van der Waals surface area (Å²) in [4.78, 5) is 27.2. The molecule has 0 saturated carbocycles. The highest BCUT2D eigenvalue weighted by Crippen LogP contribution is 2.37. The molecule has 1 aliphatic rings. The van der Waals surface area contributed by atoms with Gasteiger partial charge in [-0.2, -0.15) is 0 Å². The van der Waals surface area contributed by atoms with Crippen LogP contribution in [0.5, 0.6) is 11.9 Å². The molecule has 0 radical (unpaired) electrons. The van der Waals surface area contributed by atoms with Gasteiger partial charge in [-0.25, -0.2) is 15.0 Å². The molecule has 33 heavy (non-hydrogen) atoms. The van der Waals surface area contributed by atoms with Crippen molar-refractivity contribution in [2.45, 2.75) is 12.3 Å². The Morgan fingerprint density at radius 2 is 1.82 bits per heavy atom. The zero-order valence-electron chi connectivity index (χ0n) is 17.7. The highest BCUT2D eigenvalue weighted by atomic mass is 35.5. The smallest absolute Gasteiger partial charge is 0.316 e. The van der Waals surface area contributed by atoms with Crippen LogP contribution in [-0.2, 0) is 0 Å². The van der Waals surface area contributed by atoms with E-state index in [1.807, 2.05) is 17.0 Å². The van der Waals surface area contributed by atoms with Crippen LogP contribution in [0.1, 0.15) is 28.3 Å². The lowest BCUT2D eigenvalue weighted by molar-refractivity contribution is 0.0783. The molecule has 1 fully saturated rings. The number of halogens is 3. The van der Waals surface area contributed by atoms with E-state index >= 15 is 0 Å². The van der Waals surface area contributed by atoms with Crippen LogP contribution in [0, 0.1) is 5.92 Å². The highest BCUT2D eigenvalue weighted by Gasteiger charge is 2.36. The van der Waals surface area contributed by atoms with Gasteiger partial charge in [0.1, 0.15) is 0 Å². The molecule has 4 rings (SSSR count). The lowest BCUT2D eigenvalue weighted by Gasteiger charge is -2.19. The number of pyridine rings is 1. The van der Waals surface area contributed by atoms with Crippen molar-refractivity contribution in [3.8, 4) is 11.9 Å². The Balaban J connectivity index is 1.50. The fourth-order valence-electron chi connectivity index (χ4n) is 3.93. The quantitative estimate of drug-likeness (QED) is 0.439. The third kappa shape index (κ3) is 5.66. The molecular weight excluding hydrogens is 487 g/mol. The van der Waals surface area contributed by atoms with E-state index in [2.05, 4.69) is 15.0 Å². The van der Waals surface area contributed by atoms with Gasteiger partial charge in [-0.3, -0.25) is 4.79 Å². The molecule has 172 valence electrons. The minimum atomic E-state index is -0.134. The Morgan fingerprint density at radius 3 is 2.48 bits per heavy atom. The van der Waals surface area contributed by atoms with Gasteiger partial charge in [0.15, 0.2) is 0 Å². The van der Waals surface area contributed by atoms with Gasteiger partial charge in [0.2, 0.25) is 5.88 Å². The van der Waals surface area contributed by atoms with Crippen molar-refractivity contribution in [3.05, 3.63) is 75.1 Å². The summed E-state index contributed by atoms with van der Waals surface area (Å²) in [5.41, 5.74) is 1.44. The Morgan fingerprint density at radius 1 is 1.03 bits per heavy atom. The normalized spacial score (nSPS) is 17.8. The van der Waals surface area contributed by atoms with Crippen LogP contribution in [0.15, 0.2) is 48.9 Å². The van der Waals surface area contributed by atoms with Crippen molar-refractivity contribution in [1.82, 2.24) is 19.9 Å². The van der Waals surface area contributed by atoms with Gasteiger partial charge in [-0.05, 0) is 36.1 Å². The summed E-state index contributed by atoms with van der Waals surface area (Å²) in [6.45, 7) is 1.55. The Bertz CT molecular complexity index is 1110. The molecule has 1 aromatic carbocycles. The number of carbonyl (C=O) groups excluding carboxylic acids is 1. The topological polar surface area (TPSA) is 77.4 Å². The number of hydrogen-bond donors (Lipinski definition) is 0. The molecule has 3 aromatic rings. The Labute approximate surface area is 206 Å². The SMILES string of the molecule is COc1ncc(C(=O)N2C[C@@H](CCOc3ccc(Cl)cn3)[C@@H](c3ccc(Cl)c(Cl)c3)C2)cn1. The van der Waals surface area contributed by atoms with Crippen LogP contribution in [0.2, 0.25) is 15.1 Å². The average Bonchev–Trinajstić information content (AvgIpc) is 3.26. The summed E-state index contributed by atoms with van der Waals surface area (Å²) in [7, 11) is 1.48. The first-order chi connectivity index (χ1) is 15.9. The van der Waals surface area contributed by atoms with E-state index in [1.165, 1.54) is 19.5 Å². The van der Waals surface area contributed by atoms with E-state index in [9.17, 15) is 4.79 Å².